The molecule has 0 saturated carbocycles. The maximum Gasteiger partial charge on any atom is 0.471 e. The van der Waals surface area contributed by atoms with Gasteiger partial charge in [-0.3, -0.25) is 4.79 Å². The molecule has 0 spiro atoms. The lowest BCUT2D eigenvalue weighted by atomic mass is 9.90. The lowest BCUT2D eigenvalue weighted by molar-refractivity contribution is -0.186. The summed E-state index contributed by atoms with van der Waals surface area (Å²) in [6.45, 7) is 5.85. The molecule has 7 nitrogen and oxygen atoms in total. The summed E-state index contributed by atoms with van der Waals surface area (Å²) in [5.74, 6) is -0.145. The molecule has 168 valence electrons. The van der Waals surface area contributed by atoms with Gasteiger partial charge in [0, 0.05) is 44.4 Å². The number of piperidine rings is 2. The Labute approximate surface area is 178 Å². The number of rotatable bonds is 3. The van der Waals surface area contributed by atoms with Gasteiger partial charge in [-0.25, -0.2) is 9.97 Å². The number of likely N-dealkylation sites (tertiary alicyclic amines) is 1. The lowest BCUT2D eigenvalue weighted by Crippen LogP contribution is -2.45. The van der Waals surface area contributed by atoms with Crippen molar-refractivity contribution in [3.05, 3.63) is 23.7 Å². The lowest BCUT2D eigenvalue weighted by Gasteiger charge is -2.34. The van der Waals surface area contributed by atoms with Gasteiger partial charge in [0.2, 0.25) is 5.95 Å². The number of anilines is 1. The fourth-order valence-electron chi connectivity index (χ4n) is 4.44. The Kier molecular flexibility index (Phi) is 5.90. The monoisotopic (exact) mass is 437 g/mol. The molecule has 0 aliphatic carbocycles. The van der Waals surface area contributed by atoms with Gasteiger partial charge in [-0.1, -0.05) is 12.1 Å². The third-order valence-electron chi connectivity index (χ3n) is 6.05. The molecule has 31 heavy (non-hydrogen) atoms. The van der Waals surface area contributed by atoms with E-state index in [9.17, 15) is 18.0 Å². The highest BCUT2D eigenvalue weighted by Gasteiger charge is 2.43. The van der Waals surface area contributed by atoms with E-state index >= 15 is 0 Å². The molecule has 0 radical (unpaired) electrons. The molecule has 0 N–H and O–H groups in total. The molecule has 4 rings (SSSR count). The summed E-state index contributed by atoms with van der Waals surface area (Å²) in [4.78, 5) is 24.1. The van der Waals surface area contributed by atoms with E-state index in [1.807, 2.05) is 6.92 Å². The average Bonchev–Trinajstić information content (AvgIpc) is 3.18. The minimum Gasteiger partial charge on any atom is -0.356 e. The highest BCUT2D eigenvalue weighted by Crippen LogP contribution is 2.36. The second-order valence-corrected chi connectivity index (χ2v) is 8.56. The highest BCUT2D eigenvalue weighted by atomic mass is 19.4. The van der Waals surface area contributed by atoms with Crippen molar-refractivity contribution in [2.24, 2.45) is 5.92 Å². The highest BCUT2D eigenvalue weighted by molar-refractivity contribution is 5.82. The first-order valence-corrected chi connectivity index (χ1v) is 10.6. The number of aromatic nitrogens is 3. The van der Waals surface area contributed by atoms with Crippen molar-refractivity contribution in [3.8, 4) is 11.3 Å². The van der Waals surface area contributed by atoms with E-state index < -0.39 is 12.1 Å². The normalized spacial score (nSPS) is 20.9. The maximum absolute atomic E-state index is 12.8. The van der Waals surface area contributed by atoms with E-state index in [4.69, 9.17) is 9.51 Å². The molecule has 1 atom stereocenters. The van der Waals surface area contributed by atoms with Crippen LogP contribution in [0, 0.1) is 12.8 Å². The van der Waals surface area contributed by atoms with Crippen molar-refractivity contribution in [2.45, 2.75) is 51.6 Å². The predicted molar refractivity (Wildman–Crippen MR) is 107 cm³/mol. The molecule has 2 aromatic rings. The van der Waals surface area contributed by atoms with E-state index in [0.717, 1.165) is 35.8 Å². The maximum atomic E-state index is 12.8. The number of alkyl halides is 3. The molecule has 2 aliphatic rings. The number of halogens is 3. The molecule has 10 heteroatoms. The minimum atomic E-state index is -4.84. The first kappa shape index (κ1) is 21.6. The molecule has 2 aliphatic heterocycles. The molecular weight excluding hydrogens is 411 g/mol. The van der Waals surface area contributed by atoms with E-state index in [1.54, 1.807) is 12.3 Å². The number of carbonyl (C=O) groups excluding carboxylic acids is 1. The molecular formula is C21H26F3N5O2. The summed E-state index contributed by atoms with van der Waals surface area (Å²) in [6.07, 6.45) is -0.0819. The quantitative estimate of drug-likeness (QED) is 0.724. The Morgan fingerprint density at radius 2 is 1.94 bits per heavy atom. The Bertz CT molecular complexity index is 937. The molecule has 2 saturated heterocycles. The van der Waals surface area contributed by atoms with Crippen molar-refractivity contribution in [1.82, 2.24) is 20.0 Å². The van der Waals surface area contributed by atoms with Crippen molar-refractivity contribution >= 4 is 11.9 Å². The number of hydrogen-bond acceptors (Lipinski definition) is 6. The van der Waals surface area contributed by atoms with Gasteiger partial charge in [-0.2, -0.15) is 13.2 Å². The minimum absolute atomic E-state index is 0.0396. The number of carbonyl (C=O) groups is 1. The summed E-state index contributed by atoms with van der Waals surface area (Å²) in [5.41, 5.74) is 2.17. The van der Waals surface area contributed by atoms with Crippen LogP contribution in [0.15, 0.2) is 16.8 Å². The molecule has 0 bridgehead atoms. The van der Waals surface area contributed by atoms with Crippen LogP contribution in [0.2, 0.25) is 0 Å². The van der Waals surface area contributed by atoms with Crippen LogP contribution in [-0.2, 0) is 4.79 Å². The largest absolute Gasteiger partial charge is 0.471 e. The zero-order valence-electron chi connectivity index (χ0n) is 17.7. The Hall–Kier alpha value is -2.65. The van der Waals surface area contributed by atoms with Crippen molar-refractivity contribution in [2.75, 3.05) is 31.1 Å². The average molecular weight is 437 g/mol. The molecule has 0 aromatic carbocycles. The van der Waals surface area contributed by atoms with Crippen LogP contribution < -0.4 is 4.90 Å². The smallest absolute Gasteiger partial charge is 0.356 e. The fraction of sp³-hybridized carbons (Fsp3) is 0.619. The van der Waals surface area contributed by atoms with E-state index in [2.05, 4.69) is 22.0 Å². The zero-order chi connectivity index (χ0) is 22.2. The SMILES string of the molecule is Cc1cc(-c2cnc(N3CCC[C@@H](C)C3)nc2C2CCN(C(=O)C(F)(F)F)CC2)on1. The zero-order valence-corrected chi connectivity index (χ0v) is 17.7. The predicted octanol–water partition coefficient (Wildman–Crippen LogP) is 3.94. The first-order chi connectivity index (χ1) is 14.7. The van der Waals surface area contributed by atoms with Crippen LogP contribution in [0.25, 0.3) is 11.3 Å². The summed E-state index contributed by atoms with van der Waals surface area (Å²) in [7, 11) is 0. The second kappa shape index (κ2) is 8.47. The van der Waals surface area contributed by atoms with Crippen LogP contribution in [-0.4, -0.2) is 58.3 Å². The van der Waals surface area contributed by atoms with Crippen LogP contribution in [0.4, 0.5) is 19.1 Å². The van der Waals surface area contributed by atoms with Gasteiger partial charge in [-0.05, 0) is 38.5 Å². The van der Waals surface area contributed by atoms with Crippen LogP contribution in [0.1, 0.15) is 49.9 Å². The van der Waals surface area contributed by atoms with Gasteiger partial charge in [0.05, 0.1) is 17.0 Å². The number of hydrogen-bond donors (Lipinski definition) is 0. The Morgan fingerprint density at radius 1 is 1.19 bits per heavy atom. The van der Waals surface area contributed by atoms with Gasteiger partial charge in [0.1, 0.15) is 0 Å². The topological polar surface area (TPSA) is 75.4 Å². The number of aryl methyl sites for hydroxylation is 1. The summed E-state index contributed by atoms with van der Waals surface area (Å²) in [5, 5.41) is 3.94. The van der Waals surface area contributed by atoms with Crippen LogP contribution in [0.3, 0.4) is 0 Å². The summed E-state index contributed by atoms with van der Waals surface area (Å²) in [6, 6.07) is 1.80. The van der Waals surface area contributed by atoms with E-state index in [1.165, 1.54) is 6.42 Å². The van der Waals surface area contributed by atoms with Gasteiger partial charge in [0.15, 0.2) is 5.76 Å². The molecule has 2 fully saturated rings. The van der Waals surface area contributed by atoms with Crippen molar-refractivity contribution < 1.29 is 22.5 Å². The van der Waals surface area contributed by atoms with E-state index in [-0.39, 0.29) is 19.0 Å². The van der Waals surface area contributed by atoms with Crippen LogP contribution >= 0.6 is 0 Å². The van der Waals surface area contributed by atoms with Gasteiger partial charge in [-0.15, -0.1) is 0 Å². The molecule has 1 amide bonds. The fourth-order valence-corrected chi connectivity index (χ4v) is 4.44. The molecule has 4 heterocycles. The standard InChI is InChI=1S/C21H26F3N5O2/c1-13-4-3-7-29(12-13)20-25-11-16(17-10-14(2)27-31-17)18(26-20)15-5-8-28(9-6-15)19(30)21(22,23)24/h10-11,13,15H,3-9,12H2,1-2H3/t13-/m1/s1. The number of nitrogens with zero attached hydrogens (tertiary/aromatic N) is 5. The van der Waals surface area contributed by atoms with Crippen molar-refractivity contribution in [3.63, 3.8) is 0 Å². The van der Waals surface area contributed by atoms with Gasteiger partial charge in [0.25, 0.3) is 0 Å². The summed E-state index contributed by atoms with van der Waals surface area (Å²) < 4.78 is 43.8. The van der Waals surface area contributed by atoms with Gasteiger partial charge < -0.3 is 14.3 Å². The van der Waals surface area contributed by atoms with E-state index in [0.29, 0.717) is 36.0 Å². The Balaban J connectivity index is 1.61. The first-order valence-electron chi connectivity index (χ1n) is 10.6. The van der Waals surface area contributed by atoms with Crippen LogP contribution in [0.5, 0.6) is 0 Å². The Morgan fingerprint density at radius 3 is 2.55 bits per heavy atom. The summed E-state index contributed by atoms with van der Waals surface area (Å²) >= 11 is 0. The third kappa shape index (κ3) is 4.67. The van der Waals surface area contributed by atoms with Crippen molar-refractivity contribution in [1.29, 1.82) is 0 Å². The van der Waals surface area contributed by atoms with Gasteiger partial charge >= 0.3 is 12.1 Å². The molecule has 0 unspecified atom stereocenters. The second-order valence-electron chi connectivity index (χ2n) is 8.56. The number of amides is 1. The molecule has 2 aromatic heterocycles. The third-order valence-corrected chi connectivity index (χ3v) is 6.05.